The van der Waals surface area contributed by atoms with E-state index in [9.17, 15) is 0 Å². The van der Waals surface area contributed by atoms with Crippen LogP contribution in [0.25, 0.3) is 11.0 Å². The van der Waals surface area contributed by atoms with E-state index >= 15 is 0 Å². The highest BCUT2D eigenvalue weighted by molar-refractivity contribution is 9.10. The van der Waals surface area contributed by atoms with Gasteiger partial charge in [-0.05, 0) is 34.5 Å². The number of aromatic nitrogens is 2. The smallest absolute Gasteiger partial charge is 0.175 e. The topological polar surface area (TPSA) is 28.7 Å². The van der Waals surface area contributed by atoms with Crippen molar-refractivity contribution in [3.8, 4) is 0 Å². The van der Waals surface area contributed by atoms with Gasteiger partial charge in [-0.15, -0.1) is 0 Å². The van der Waals surface area contributed by atoms with Gasteiger partial charge >= 0.3 is 0 Å². The zero-order chi connectivity index (χ0) is 7.84. The number of aryl methyl sites for hydroxylation is 1. The molecule has 1 heterocycles. The first-order valence-corrected chi connectivity index (χ1v) is 4.17. The molecule has 0 bridgehead atoms. The third-order valence-electron chi connectivity index (χ3n) is 1.69. The highest BCUT2D eigenvalue weighted by Gasteiger charge is 2.00. The van der Waals surface area contributed by atoms with E-state index in [1.54, 1.807) is 0 Å². The maximum atomic E-state index is 4.27. The number of hydrogen-bond acceptors (Lipinski definition) is 1. The first kappa shape index (κ1) is 6.85. The normalized spacial score (nSPS) is 10.7. The van der Waals surface area contributed by atoms with Crippen molar-refractivity contribution in [2.75, 3.05) is 0 Å². The quantitative estimate of drug-likeness (QED) is 0.712. The van der Waals surface area contributed by atoms with Gasteiger partial charge in [-0.1, -0.05) is 12.1 Å². The van der Waals surface area contributed by atoms with Gasteiger partial charge in [0.05, 0.1) is 11.0 Å². The van der Waals surface area contributed by atoms with Crippen molar-refractivity contribution < 1.29 is 0 Å². The van der Waals surface area contributed by atoms with Gasteiger partial charge in [-0.2, -0.15) is 0 Å². The van der Waals surface area contributed by atoms with E-state index in [4.69, 9.17) is 0 Å². The number of rotatable bonds is 0. The number of H-pyrrole nitrogens is 1. The van der Waals surface area contributed by atoms with Crippen molar-refractivity contribution >= 4 is 27.0 Å². The summed E-state index contributed by atoms with van der Waals surface area (Å²) >= 11 is 3.29. The van der Waals surface area contributed by atoms with Crippen LogP contribution in [0.5, 0.6) is 0 Å². The van der Waals surface area contributed by atoms with Crippen molar-refractivity contribution in [2.24, 2.45) is 0 Å². The third-order valence-corrected chi connectivity index (χ3v) is 2.06. The molecule has 3 heteroatoms. The summed E-state index contributed by atoms with van der Waals surface area (Å²) in [5, 5.41) is 0. The first-order valence-electron chi connectivity index (χ1n) is 3.38. The van der Waals surface area contributed by atoms with Crippen LogP contribution in [0.2, 0.25) is 0 Å². The number of imidazole rings is 1. The first-order chi connectivity index (χ1) is 5.27. The average Bonchev–Trinajstić information content (AvgIpc) is 2.31. The second-order valence-electron chi connectivity index (χ2n) is 2.50. The molecule has 0 radical (unpaired) electrons. The molecule has 0 saturated heterocycles. The summed E-state index contributed by atoms with van der Waals surface area (Å²) in [6, 6.07) is 6.08. The molecule has 2 nitrogen and oxygen atoms in total. The SMILES string of the molecule is Cc1cccc2[nH]c(Br)nc12. The van der Waals surface area contributed by atoms with E-state index in [0.717, 1.165) is 15.8 Å². The van der Waals surface area contributed by atoms with Crippen LogP contribution < -0.4 is 0 Å². The molecule has 0 saturated carbocycles. The molecule has 0 unspecified atom stereocenters. The second-order valence-corrected chi connectivity index (χ2v) is 3.25. The Morgan fingerprint density at radius 2 is 2.27 bits per heavy atom. The minimum absolute atomic E-state index is 0.793. The number of aromatic amines is 1. The van der Waals surface area contributed by atoms with E-state index in [-0.39, 0.29) is 0 Å². The fourth-order valence-electron chi connectivity index (χ4n) is 1.15. The third kappa shape index (κ3) is 1.05. The molecule has 1 aromatic carbocycles. The molecule has 2 aromatic rings. The van der Waals surface area contributed by atoms with Crippen molar-refractivity contribution in [3.63, 3.8) is 0 Å². The number of fused-ring (bicyclic) bond motifs is 1. The van der Waals surface area contributed by atoms with Gasteiger partial charge in [0.1, 0.15) is 0 Å². The predicted octanol–water partition coefficient (Wildman–Crippen LogP) is 2.63. The lowest BCUT2D eigenvalue weighted by Gasteiger charge is -1.90. The largest absolute Gasteiger partial charge is 0.332 e. The van der Waals surface area contributed by atoms with E-state index in [2.05, 4.69) is 38.9 Å². The Kier molecular flexibility index (Phi) is 1.46. The minimum atomic E-state index is 0.793. The molecule has 0 atom stereocenters. The summed E-state index contributed by atoms with van der Waals surface area (Å²) in [4.78, 5) is 7.38. The zero-order valence-electron chi connectivity index (χ0n) is 6.06. The van der Waals surface area contributed by atoms with Crippen molar-refractivity contribution in [1.29, 1.82) is 0 Å². The van der Waals surface area contributed by atoms with Crippen molar-refractivity contribution in [2.45, 2.75) is 6.92 Å². The van der Waals surface area contributed by atoms with Crippen LogP contribution in [-0.2, 0) is 0 Å². The zero-order valence-corrected chi connectivity index (χ0v) is 7.64. The molecule has 11 heavy (non-hydrogen) atoms. The molecule has 56 valence electrons. The average molecular weight is 211 g/mol. The van der Waals surface area contributed by atoms with Crippen molar-refractivity contribution in [3.05, 3.63) is 28.5 Å². The summed E-state index contributed by atoms with van der Waals surface area (Å²) in [6.07, 6.45) is 0. The van der Waals surface area contributed by atoms with Gasteiger partial charge in [0, 0.05) is 0 Å². The summed E-state index contributed by atoms with van der Waals surface area (Å²) in [7, 11) is 0. The van der Waals surface area contributed by atoms with Crippen LogP contribution in [0.1, 0.15) is 5.56 Å². The molecule has 0 fully saturated rings. The standard InChI is InChI=1S/C8H7BrN2/c1-5-3-2-4-6-7(5)11-8(9)10-6/h2-4H,1H3,(H,10,11). The lowest BCUT2D eigenvalue weighted by molar-refractivity contribution is 1.26. The summed E-state index contributed by atoms with van der Waals surface area (Å²) in [5.74, 6) is 0. The fourth-order valence-corrected chi connectivity index (χ4v) is 1.54. The maximum absolute atomic E-state index is 4.27. The van der Waals surface area contributed by atoms with Crippen LogP contribution >= 0.6 is 15.9 Å². The van der Waals surface area contributed by atoms with Crippen molar-refractivity contribution in [1.82, 2.24) is 9.97 Å². The van der Waals surface area contributed by atoms with E-state index in [0.29, 0.717) is 0 Å². The molecule has 0 aliphatic rings. The number of halogens is 1. The highest BCUT2D eigenvalue weighted by Crippen LogP contribution is 2.17. The van der Waals surface area contributed by atoms with Crippen LogP contribution in [-0.4, -0.2) is 9.97 Å². The molecule has 0 aliphatic heterocycles. The Morgan fingerprint density at radius 3 is 3.00 bits per heavy atom. The lowest BCUT2D eigenvalue weighted by atomic mass is 10.2. The van der Waals surface area contributed by atoms with Crippen LogP contribution in [0.15, 0.2) is 22.9 Å². The van der Waals surface area contributed by atoms with Crippen LogP contribution in [0.3, 0.4) is 0 Å². The Morgan fingerprint density at radius 1 is 1.45 bits per heavy atom. The maximum Gasteiger partial charge on any atom is 0.175 e. The predicted molar refractivity (Wildman–Crippen MR) is 48.5 cm³/mol. The fraction of sp³-hybridized carbons (Fsp3) is 0.125. The summed E-state index contributed by atoms with van der Waals surface area (Å²) in [6.45, 7) is 2.05. The summed E-state index contributed by atoms with van der Waals surface area (Å²) < 4.78 is 0.793. The van der Waals surface area contributed by atoms with E-state index in [1.807, 2.05) is 12.1 Å². The highest BCUT2D eigenvalue weighted by atomic mass is 79.9. The Balaban J connectivity index is 2.90. The minimum Gasteiger partial charge on any atom is -0.332 e. The van der Waals surface area contributed by atoms with Gasteiger partial charge in [0.25, 0.3) is 0 Å². The Bertz CT molecular complexity index is 392. The van der Waals surface area contributed by atoms with Crippen LogP contribution in [0.4, 0.5) is 0 Å². The number of para-hydroxylation sites is 1. The molecule has 0 amide bonds. The van der Waals surface area contributed by atoms with Gasteiger partial charge in [-0.3, -0.25) is 0 Å². The molecule has 0 aliphatic carbocycles. The van der Waals surface area contributed by atoms with Gasteiger partial charge in [0.15, 0.2) is 4.73 Å². The van der Waals surface area contributed by atoms with E-state index in [1.165, 1.54) is 5.56 Å². The molecular formula is C8H7BrN2. The molecule has 1 aromatic heterocycles. The number of nitrogens with one attached hydrogen (secondary N) is 1. The monoisotopic (exact) mass is 210 g/mol. The number of nitrogens with zero attached hydrogens (tertiary/aromatic N) is 1. The Hall–Kier alpha value is -0.830. The second kappa shape index (κ2) is 2.34. The lowest BCUT2D eigenvalue weighted by Crippen LogP contribution is -1.73. The molecular weight excluding hydrogens is 204 g/mol. The molecule has 2 rings (SSSR count). The van der Waals surface area contributed by atoms with E-state index < -0.39 is 0 Å². The molecule has 0 spiro atoms. The number of benzene rings is 1. The summed E-state index contributed by atoms with van der Waals surface area (Å²) in [5.41, 5.74) is 3.32. The van der Waals surface area contributed by atoms with Gasteiger partial charge < -0.3 is 4.98 Å². The van der Waals surface area contributed by atoms with Crippen LogP contribution in [0, 0.1) is 6.92 Å². The molecule has 1 N–H and O–H groups in total. The number of hydrogen-bond donors (Lipinski definition) is 1. The Labute approximate surface area is 72.8 Å². The van der Waals surface area contributed by atoms with Gasteiger partial charge in [-0.25, -0.2) is 4.98 Å². The van der Waals surface area contributed by atoms with Gasteiger partial charge in [0.2, 0.25) is 0 Å².